The molecule has 2 fully saturated rings. The third-order valence-electron chi connectivity index (χ3n) is 3.51. The lowest BCUT2D eigenvalue weighted by Crippen LogP contribution is -2.48. The molecular weight excluding hydrogens is 256 g/mol. The molecule has 3 rings (SSSR count). The Morgan fingerprint density at radius 3 is 2.79 bits per heavy atom. The third kappa shape index (κ3) is 1.84. The van der Waals surface area contributed by atoms with Crippen LogP contribution >= 0.6 is 0 Å². The van der Waals surface area contributed by atoms with Gasteiger partial charge < -0.3 is 19.7 Å². The number of aromatic nitrogens is 2. The summed E-state index contributed by atoms with van der Waals surface area (Å²) in [4.78, 5) is 25.3. The van der Waals surface area contributed by atoms with Crippen LogP contribution in [0.4, 0.5) is 0 Å². The molecule has 2 aliphatic heterocycles. The molecule has 0 saturated carbocycles. The molecule has 19 heavy (non-hydrogen) atoms. The highest BCUT2D eigenvalue weighted by Gasteiger charge is 2.52. The summed E-state index contributed by atoms with van der Waals surface area (Å²) < 4.78 is 12.0. The van der Waals surface area contributed by atoms with Crippen molar-refractivity contribution in [2.24, 2.45) is 0 Å². The van der Waals surface area contributed by atoms with E-state index in [0.29, 0.717) is 5.56 Å². The molecule has 5 atom stereocenters. The molecule has 2 aliphatic rings. The van der Waals surface area contributed by atoms with E-state index in [0.717, 1.165) is 0 Å². The van der Waals surface area contributed by atoms with Gasteiger partial charge in [0.25, 0.3) is 5.56 Å². The predicted octanol–water partition coefficient (Wildman–Crippen LogP) is -2.14. The van der Waals surface area contributed by atoms with Crippen LogP contribution in [0.2, 0.25) is 0 Å². The number of rotatable bonds is 1. The highest BCUT2D eigenvalue weighted by atomic mass is 16.6. The Balaban J connectivity index is 2.03. The fourth-order valence-electron chi connectivity index (χ4n) is 2.48. The zero-order valence-electron chi connectivity index (χ0n) is 10.1. The van der Waals surface area contributed by atoms with Gasteiger partial charge in [0.15, 0.2) is 6.23 Å². The van der Waals surface area contributed by atoms with Gasteiger partial charge in [-0.3, -0.25) is 14.3 Å². The van der Waals surface area contributed by atoms with E-state index in [9.17, 15) is 19.8 Å². The minimum atomic E-state index is -1.01. The van der Waals surface area contributed by atoms with Gasteiger partial charge in [0.05, 0.1) is 6.61 Å². The molecule has 2 bridgehead atoms. The van der Waals surface area contributed by atoms with Crippen molar-refractivity contribution in [3.8, 4) is 0 Å². The molecule has 0 aromatic carbocycles. The van der Waals surface area contributed by atoms with Crippen LogP contribution in [0, 0.1) is 6.92 Å². The Kier molecular flexibility index (Phi) is 2.82. The molecular formula is C11H14N2O6. The lowest BCUT2D eigenvalue weighted by molar-refractivity contribution is -0.126. The first-order valence-corrected chi connectivity index (χ1v) is 5.94. The minimum absolute atomic E-state index is 0.0416. The van der Waals surface area contributed by atoms with Gasteiger partial charge in [0, 0.05) is 11.8 Å². The van der Waals surface area contributed by atoms with Gasteiger partial charge in [-0.1, -0.05) is 0 Å². The zero-order chi connectivity index (χ0) is 13.7. The summed E-state index contributed by atoms with van der Waals surface area (Å²) >= 11 is 0. The van der Waals surface area contributed by atoms with Gasteiger partial charge in [-0.05, 0) is 6.92 Å². The van der Waals surface area contributed by atoms with E-state index < -0.39 is 41.9 Å². The topological polar surface area (TPSA) is 114 Å². The van der Waals surface area contributed by atoms with Crippen molar-refractivity contribution in [2.75, 3.05) is 6.61 Å². The highest BCUT2D eigenvalue weighted by molar-refractivity contribution is 5.04. The average molecular weight is 270 g/mol. The zero-order valence-corrected chi connectivity index (χ0v) is 10.1. The van der Waals surface area contributed by atoms with E-state index in [2.05, 4.69) is 4.98 Å². The van der Waals surface area contributed by atoms with Crippen LogP contribution in [0.1, 0.15) is 11.8 Å². The fourth-order valence-corrected chi connectivity index (χ4v) is 2.48. The SMILES string of the molecule is Cc1cn([C@@H]2O[C@H]3[C@@H](O)[C@@H]2OC[C@H]3O)c(=O)[nH]c1=O. The number of fused-ring (bicyclic) bond motifs is 2. The summed E-state index contributed by atoms with van der Waals surface area (Å²) in [5, 5.41) is 19.6. The minimum Gasteiger partial charge on any atom is -0.388 e. The number of H-pyrrole nitrogens is 1. The largest absolute Gasteiger partial charge is 0.388 e. The van der Waals surface area contributed by atoms with Crippen molar-refractivity contribution >= 4 is 0 Å². The number of hydrogen-bond donors (Lipinski definition) is 3. The van der Waals surface area contributed by atoms with Gasteiger partial charge in [-0.25, -0.2) is 4.79 Å². The molecule has 0 amide bonds. The number of ether oxygens (including phenoxy) is 2. The van der Waals surface area contributed by atoms with Crippen molar-refractivity contribution in [1.29, 1.82) is 0 Å². The molecule has 0 spiro atoms. The van der Waals surface area contributed by atoms with Crippen LogP contribution in [0.3, 0.4) is 0 Å². The van der Waals surface area contributed by atoms with Crippen LogP contribution in [0.5, 0.6) is 0 Å². The first-order valence-electron chi connectivity index (χ1n) is 5.94. The number of nitrogens with zero attached hydrogens (tertiary/aromatic N) is 1. The van der Waals surface area contributed by atoms with Gasteiger partial charge in [0.1, 0.15) is 24.4 Å². The maximum Gasteiger partial charge on any atom is 0.330 e. The molecule has 0 unspecified atom stereocenters. The third-order valence-corrected chi connectivity index (χ3v) is 3.51. The number of nitrogens with one attached hydrogen (secondary N) is 1. The fraction of sp³-hybridized carbons (Fsp3) is 0.636. The van der Waals surface area contributed by atoms with Crippen LogP contribution in [0.25, 0.3) is 0 Å². The normalized spacial score (nSPS) is 37.5. The lowest BCUT2D eigenvalue weighted by Gasteiger charge is -2.28. The summed E-state index contributed by atoms with van der Waals surface area (Å²) in [6.07, 6.45) is -2.97. The molecule has 2 saturated heterocycles. The molecule has 8 heteroatoms. The average Bonchev–Trinajstić information content (AvgIpc) is 2.56. The number of aliphatic hydroxyl groups excluding tert-OH is 2. The standard InChI is InChI=1S/C11H14N2O6/c1-4-2-13(11(17)12-9(4)16)10-8-6(15)7(19-10)5(14)3-18-8/h2,5-8,10,14-15H,3H2,1H3,(H,12,16,17)/t5-,6-,7-,8+,10-/m1/s1. The molecule has 8 nitrogen and oxygen atoms in total. The van der Waals surface area contributed by atoms with Crippen molar-refractivity contribution in [3.63, 3.8) is 0 Å². The van der Waals surface area contributed by atoms with E-state index in [-0.39, 0.29) is 6.61 Å². The molecule has 3 heterocycles. The maximum atomic E-state index is 11.8. The van der Waals surface area contributed by atoms with E-state index >= 15 is 0 Å². The molecule has 104 valence electrons. The van der Waals surface area contributed by atoms with Crippen molar-refractivity contribution in [2.45, 2.75) is 37.6 Å². The number of aliphatic hydroxyl groups is 2. The Hall–Kier alpha value is -1.48. The van der Waals surface area contributed by atoms with Crippen LogP contribution in [-0.2, 0) is 9.47 Å². The Morgan fingerprint density at radius 2 is 2.11 bits per heavy atom. The summed E-state index contributed by atoms with van der Waals surface area (Å²) in [7, 11) is 0. The highest BCUT2D eigenvalue weighted by Crippen LogP contribution is 2.36. The second-order valence-electron chi connectivity index (χ2n) is 4.83. The predicted molar refractivity (Wildman–Crippen MR) is 61.7 cm³/mol. The monoisotopic (exact) mass is 270 g/mol. The number of hydrogen-bond acceptors (Lipinski definition) is 6. The van der Waals surface area contributed by atoms with Gasteiger partial charge in [-0.15, -0.1) is 0 Å². The lowest BCUT2D eigenvalue weighted by atomic mass is 10.0. The van der Waals surface area contributed by atoms with E-state index in [1.54, 1.807) is 6.92 Å². The van der Waals surface area contributed by atoms with Crippen LogP contribution < -0.4 is 11.2 Å². The van der Waals surface area contributed by atoms with Crippen molar-refractivity contribution < 1.29 is 19.7 Å². The summed E-state index contributed by atoms with van der Waals surface area (Å²) in [6.45, 7) is 1.60. The Morgan fingerprint density at radius 1 is 1.37 bits per heavy atom. The van der Waals surface area contributed by atoms with Crippen LogP contribution in [0.15, 0.2) is 15.8 Å². The maximum absolute atomic E-state index is 11.8. The van der Waals surface area contributed by atoms with E-state index in [4.69, 9.17) is 9.47 Å². The molecule has 1 aromatic rings. The smallest absolute Gasteiger partial charge is 0.330 e. The first kappa shape index (κ1) is 12.5. The first-order chi connectivity index (χ1) is 8.99. The number of aromatic amines is 1. The molecule has 0 radical (unpaired) electrons. The van der Waals surface area contributed by atoms with Crippen LogP contribution in [-0.4, -0.2) is 50.8 Å². The molecule has 0 aliphatic carbocycles. The Labute approximate surface area is 107 Å². The van der Waals surface area contributed by atoms with Crippen molar-refractivity contribution in [3.05, 3.63) is 32.6 Å². The Bertz CT molecular complexity index is 608. The quantitative estimate of drug-likeness (QED) is 0.537. The van der Waals surface area contributed by atoms with Gasteiger partial charge in [0.2, 0.25) is 0 Å². The second-order valence-corrected chi connectivity index (χ2v) is 4.83. The summed E-state index contributed by atoms with van der Waals surface area (Å²) in [5.74, 6) is 0. The molecule has 1 aromatic heterocycles. The van der Waals surface area contributed by atoms with E-state index in [1.807, 2.05) is 0 Å². The van der Waals surface area contributed by atoms with Crippen molar-refractivity contribution in [1.82, 2.24) is 9.55 Å². The van der Waals surface area contributed by atoms with Gasteiger partial charge in [-0.2, -0.15) is 0 Å². The van der Waals surface area contributed by atoms with Gasteiger partial charge >= 0.3 is 5.69 Å². The molecule has 3 N–H and O–H groups in total. The van der Waals surface area contributed by atoms with E-state index in [1.165, 1.54) is 10.8 Å². The number of aryl methyl sites for hydroxylation is 1. The summed E-state index contributed by atoms with van der Waals surface area (Å²) in [6, 6.07) is 0. The second kappa shape index (κ2) is 4.27. The summed E-state index contributed by atoms with van der Waals surface area (Å²) in [5.41, 5.74) is -0.762.